The van der Waals surface area contributed by atoms with Crippen molar-refractivity contribution in [2.75, 3.05) is 13.6 Å². The topological polar surface area (TPSA) is 155 Å². The van der Waals surface area contributed by atoms with Crippen LogP contribution in [0, 0.1) is 5.41 Å². The molecule has 231 valence electrons. The number of rotatable bonds is 14. The van der Waals surface area contributed by atoms with Gasteiger partial charge in [0.15, 0.2) is 6.29 Å². The number of aromatic amines is 1. The molecule has 5 aromatic heterocycles. The largest absolute Gasteiger partial charge is 0.487 e. The van der Waals surface area contributed by atoms with E-state index in [9.17, 15) is 9.59 Å². The van der Waals surface area contributed by atoms with Crippen LogP contribution >= 0.6 is 0 Å². The molecule has 1 radical (unpaired) electrons. The van der Waals surface area contributed by atoms with E-state index in [1.165, 1.54) is 19.4 Å². The summed E-state index contributed by atoms with van der Waals surface area (Å²) in [6, 6.07) is 5.35. The maximum Gasteiger partial charge on any atom is 0.213 e. The lowest BCUT2D eigenvalue weighted by Gasteiger charge is -2.30. The van der Waals surface area contributed by atoms with Crippen molar-refractivity contribution in [3.05, 3.63) is 96.4 Å². The molecule has 5 aromatic rings. The van der Waals surface area contributed by atoms with Crippen molar-refractivity contribution in [2.45, 2.75) is 26.2 Å². The van der Waals surface area contributed by atoms with Crippen LogP contribution in [-0.4, -0.2) is 75.3 Å². The van der Waals surface area contributed by atoms with E-state index >= 15 is 0 Å². The molecule has 0 saturated carbocycles. The molecule has 2 atom stereocenters. The van der Waals surface area contributed by atoms with Gasteiger partial charge in [0.2, 0.25) is 19.0 Å². The number of hydrogen-bond acceptors (Lipinski definition) is 11. The number of imidazole rings is 1. The van der Waals surface area contributed by atoms with Gasteiger partial charge in [0.05, 0.1) is 43.6 Å². The van der Waals surface area contributed by atoms with E-state index in [4.69, 9.17) is 18.9 Å². The van der Waals surface area contributed by atoms with Crippen molar-refractivity contribution >= 4 is 37.2 Å². The number of fused-ring (bicyclic) bond motifs is 1. The lowest BCUT2D eigenvalue weighted by molar-refractivity contribution is -0.118. The van der Waals surface area contributed by atoms with Gasteiger partial charge in [0.1, 0.15) is 30.4 Å². The third-order valence-electron chi connectivity index (χ3n) is 7.50. The smallest absolute Gasteiger partial charge is 0.213 e. The van der Waals surface area contributed by atoms with Crippen molar-refractivity contribution < 1.29 is 28.5 Å². The zero-order valence-corrected chi connectivity index (χ0v) is 25.1. The molecule has 0 spiro atoms. The number of carbonyl (C=O) groups is 2. The van der Waals surface area contributed by atoms with Crippen molar-refractivity contribution in [2.24, 2.45) is 10.4 Å². The number of aliphatic imine (C=N–C) groups is 1. The van der Waals surface area contributed by atoms with Gasteiger partial charge >= 0.3 is 0 Å². The fraction of sp³-hybridized carbons (Fsp3) is 0.219. The molecule has 6 heterocycles. The second kappa shape index (κ2) is 13.6. The summed E-state index contributed by atoms with van der Waals surface area (Å²) in [4.78, 5) is 41.0. The first-order valence-electron chi connectivity index (χ1n) is 14.3. The Balaban J connectivity index is 1.09. The van der Waals surface area contributed by atoms with Crippen LogP contribution in [0.25, 0.3) is 16.8 Å². The molecule has 0 amide bonds. The highest BCUT2D eigenvalue weighted by Gasteiger charge is 2.35. The van der Waals surface area contributed by atoms with Crippen molar-refractivity contribution in [1.82, 2.24) is 29.5 Å². The van der Waals surface area contributed by atoms with Gasteiger partial charge in [0.25, 0.3) is 0 Å². The third-order valence-corrected chi connectivity index (χ3v) is 7.50. The van der Waals surface area contributed by atoms with Gasteiger partial charge in [-0.2, -0.15) is 5.10 Å². The van der Waals surface area contributed by atoms with E-state index in [0.717, 1.165) is 39.6 Å². The molecule has 1 N–H and O–H groups in total. The molecule has 14 heteroatoms. The van der Waals surface area contributed by atoms with Gasteiger partial charge in [-0.1, -0.05) is 11.5 Å². The molecule has 6 rings (SSSR count). The molecule has 0 fully saturated rings. The summed E-state index contributed by atoms with van der Waals surface area (Å²) in [5.41, 5.74) is 4.42. The highest BCUT2D eigenvalue weighted by atomic mass is 16.5. The van der Waals surface area contributed by atoms with Gasteiger partial charge in [-0.25, -0.2) is 15.0 Å². The summed E-state index contributed by atoms with van der Waals surface area (Å²) in [5, 5.41) is 6.81. The number of aromatic nitrogens is 6. The number of methoxy groups -OCH3 is 1. The average molecular weight is 618 g/mol. The van der Waals surface area contributed by atoms with Crippen molar-refractivity contribution in [3.63, 3.8) is 0 Å². The van der Waals surface area contributed by atoms with Gasteiger partial charge in [-0.15, -0.1) is 0 Å². The quantitative estimate of drug-likeness (QED) is 0.145. The summed E-state index contributed by atoms with van der Waals surface area (Å²) < 4.78 is 25.0. The van der Waals surface area contributed by atoms with E-state index in [0.29, 0.717) is 23.5 Å². The van der Waals surface area contributed by atoms with E-state index in [1.54, 1.807) is 50.2 Å². The van der Waals surface area contributed by atoms with Crippen LogP contribution in [-0.2, 0) is 27.5 Å². The van der Waals surface area contributed by atoms with Crippen LogP contribution in [0.5, 0.6) is 11.6 Å². The first kappa shape index (κ1) is 30.4. The van der Waals surface area contributed by atoms with Gasteiger partial charge in [-0.3, -0.25) is 14.9 Å². The molecule has 0 saturated heterocycles. The minimum Gasteiger partial charge on any atom is -0.487 e. The summed E-state index contributed by atoms with van der Waals surface area (Å²) in [5.74, 6) is 0.959. The minimum absolute atomic E-state index is 0.179. The molecular formula is C32H29BN7O6. The summed E-state index contributed by atoms with van der Waals surface area (Å²) in [7, 11) is 3.38. The number of pyridine rings is 3. The Morgan fingerprint density at radius 2 is 2.00 bits per heavy atom. The molecule has 1 aliphatic heterocycles. The Hall–Kier alpha value is -5.63. The molecule has 0 aromatic carbocycles. The SMILES string of the molecule is COC1=C[C@@](C)(C=O)C(OCc2cc([B]COc3cc(C=O)c(OCc4cnccc4-c4cn[nH]c4)cn3)cn3ccnc23)C=N1. The molecule has 1 unspecified atom stereocenters. The molecule has 0 aliphatic carbocycles. The number of H-pyrrole nitrogens is 1. The van der Waals surface area contributed by atoms with Crippen molar-refractivity contribution in [1.29, 1.82) is 0 Å². The Bertz CT molecular complexity index is 1910. The Morgan fingerprint density at radius 3 is 2.80 bits per heavy atom. The van der Waals surface area contributed by atoms with Crippen LogP contribution in [0.3, 0.4) is 0 Å². The molecule has 0 bridgehead atoms. The van der Waals surface area contributed by atoms with E-state index in [1.807, 2.05) is 36.2 Å². The monoisotopic (exact) mass is 618 g/mol. The summed E-state index contributed by atoms with van der Waals surface area (Å²) in [6.07, 6.45) is 18.0. The van der Waals surface area contributed by atoms with Gasteiger partial charge < -0.3 is 28.1 Å². The standard InChI is InChI=1S/C32H29BN7O6/c1-32(19-42)9-30(43-2)37-14-28(32)45-17-22-7-25(15-40-6-5-35-31(22)40)33-20-46-29-8-21(16-41)27(13-36-29)44-18-24-10-34-4-3-26(24)23-11-38-39-12-23/h3-16,19,28H,17-18,20H2,1-2H3,(H,38,39)/t28?,32-/m0/s1. The van der Waals surface area contributed by atoms with Crippen LogP contribution in [0.1, 0.15) is 28.4 Å². The predicted molar refractivity (Wildman–Crippen MR) is 168 cm³/mol. The Labute approximate surface area is 264 Å². The summed E-state index contributed by atoms with van der Waals surface area (Å²) in [6.45, 7) is 2.32. The van der Waals surface area contributed by atoms with Crippen LogP contribution in [0.4, 0.5) is 0 Å². The number of nitrogens with zero attached hydrogens (tertiary/aromatic N) is 6. The van der Waals surface area contributed by atoms with Crippen LogP contribution in [0.15, 0.2) is 84.7 Å². The maximum absolute atomic E-state index is 11.9. The Kier molecular flexibility index (Phi) is 8.97. The first-order chi connectivity index (χ1) is 22.5. The normalized spacial score (nSPS) is 17.3. The van der Waals surface area contributed by atoms with E-state index in [-0.39, 0.29) is 25.6 Å². The highest BCUT2D eigenvalue weighted by Crippen LogP contribution is 2.29. The lowest BCUT2D eigenvalue weighted by Crippen LogP contribution is -2.38. The Morgan fingerprint density at radius 1 is 1.09 bits per heavy atom. The van der Waals surface area contributed by atoms with E-state index < -0.39 is 11.5 Å². The molecular weight excluding hydrogens is 589 g/mol. The number of carbonyl (C=O) groups excluding carboxylic acids is 2. The number of ether oxygens (including phenoxy) is 4. The van der Waals surface area contributed by atoms with Gasteiger partial charge in [-0.05, 0) is 24.6 Å². The highest BCUT2D eigenvalue weighted by molar-refractivity contribution is 6.53. The van der Waals surface area contributed by atoms with Crippen molar-refractivity contribution in [3.8, 4) is 22.8 Å². The fourth-order valence-electron chi connectivity index (χ4n) is 4.98. The van der Waals surface area contributed by atoms with Crippen LogP contribution < -0.4 is 14.9 Å². The number of aldehydes is 2. The first-order valence-corrected chi connectivity index (χ1v) is 14.3. The molecule has 46 heavy (non-hydrogen) atoms. The fourth-order valence-corrected chi connectivity index (χ4v) is 4.98. The van der Waals surface area contributed by atoms with Crippen LogP contribution in [0.2, 0.25) is 0 Å². The lowest BCUT2D eigenvalue weighted by atomic mass is 9.72. The summed E-state index contributed by atoms with van der Waals surface area (Å²) >= 11 is 0. The predicted octanol–water partition coefficient (Wildman–Crippen LogP) is 2.93. The maximum atomic E-state index is 11.9. The second-order valence-corrected chi connectivity index (χ2v) is 10.6. The minimum atomic E-state index is -0.924. The molecule has 1 aliphatic rings. The van der Waals surface area contributed by atoms with Gasteiger partial charge in [0, 0.05) is 66.2 Å². The number of hydrogen-bond donors (Lipinski definition) is 1. The number of nitrogens with one attached hydrogen (secondary N) is 1. The zero-order valence-electron chi connectivity index (χ0n) is 25.1. The zero-order chi connectivity index (χ0) is 31.9. The third kappa shape index (κ3) is 6.56. The molecule has 13 nitrogen and oxygen atoms in total. The second-order valence-electron chi connectivity index (χ2n) is 10.6. The van der Waals surface area contributed by atoms with E-state index in [2.05, 4.69) is 30.1 Å². The average Bonchev–Trinajstić information content (AvgIpc) is 3.80.